The van der Waals surface area contributed by atoms with Crippen molar-refractivity contribution in [2.45, 2.75) is 12.0 Å². The standard InChI is InChI=1S/C20H16OTe/c21-20(14-15-8-2-1-3-9-15)16-10-4-6-12-18(16)22-19-13-7-5-11-17(19)20/h1-13,21H,14H2. The molecule has 0 spiro atoms. The summed E-state index contributed by atoms with van der Waals surface area (Å²) >= 11 is -0.423. The molecule has 0 amide bonds. The topological polar surface area (TPSA) is 20.2 Å². The van der Waals surface area contributed by atoms with Crippen LogP contribution in [-0.2, 0) is 12.0 Å². The first-order valence-corrected chi connectivity index (χ1v) is 9.73. The molecule has 22 heavy (non-hydrogen) atoms. The van der Waals surface area contributed by atoms with Gasteiger partial charge >= 0.3 is 141 Å². The molecule has 4 rings (SSSR count). The van der Waals surface area contributed by atoms with Crippen LogP contribution in [0.4, 0.5) is 0 Å². The van der Waals surface area contributed by atoms with Crippen LogP contribution < -0.4 is 7.22 Å². The third-order valence-electron chi connectivity index (χ3n) is 4.19. The SMILES string of the molecule is OC1(Cc2ccccc2)c2ccccc2[Te]c2ccccc21. The van der Waals surface area contributed by atoms with Gasteiger partial charge in [-0.05, 0) is 0 Å². The molecular formula is C20H16OTe. The molecule has 0 radical (unpaired) electrons. The van der Waals surface area contributed by atoms with Crippen molar-refractivity contribution in [3.63, 3.8) is 0 Å². The molecule has 108 valence electrons. The number of hydrogen-bond acceptors (Lipinski definition) is 1. The molecular weight excluding hydrogens is 384 g/mol. The summed E-state index contributed by atoms with van der Waals surface area (Å²) in [5.74, 6) is 0. The van der Waals surface area contributed by atoms with Crippen molar-refractivity contribution in [3.05, 3.63) is 95.6 Å². The monoisotopic (exact) mass is 402 g/mol. The van der Waals surface area contributed by atoms with Crippen LogP contribution in [0.15, 0.2) is 78.9 Å². The van der Waals surface area contributed by atoms with E-state index in [2.05, 4.69) is 48.5 Å². The summed E-state index contributed by atoms with van der Waals surface area (Å²) in [7, 11) is 0. The summed E-state index contributed by atoms with van der Waals surface area (Å²) < 4.78 is 2.70. The van der Waals surface area contributed by atoms with Gasteiger partial charge in [0.25, 0.3) is 0 Å². The first-order valence-electron chi connectivity index (χ1n) is 7.40. The van der Waals surface area contributed by atoms with E-state index in [-0.39, 0.29) is 0 Å². The van der Waals surface area contributed by atoms with Crippen molar-refractivity contribution in [1.29, 1.82) is 0 Å². The van der Waals surface area contributed by atoms with Crippen LogP contribution in [0.2, 0.25) is 0 Å². The van der Waals surface area contributed by atoms with E-state index < -0.39 is 26.5 Å². The molecule has 0 atom stereocenters. The molecule has 0 saturated heterocycles. The van der Waals surface area contributed by atoms with Gasteiger partial charge in [-0.3, -0.25) is 0 Å². The van der Waals surface area contributed by atoms with Gasteiger partial charge in [0.1, 0.15) is 0 Å². The maximum atomic E-state index is 11.6. The van der Waals surface area contributed by atoms with Gasteiger partial charge in [-0.1, -0.05) is 0 Å². The molecule has 3 aromatic carbocycles. The van der Waals surface area contributed by atoms with Gasteiger partial charge in [0.2, 0.25) is 0 Å². The zero-order valence-electron chi connectivity index (χ0n) is 12.1. The van der Waals surface area contributed by atoms with E-state index in [4.69, 9.17) is 0 Å². The van der Waals surface area contributed by atoms with Crippen LogP contribution in [-0.4, -0.2) is 26.0 Å². The third kappa shape index (κ3) is 2.29. The summed E-state index contributed by atoms with van der Waals surface area (Å²) in [5.41, 5.74) is 2.44. The number of aliphatic hydroxyl groups is 1. The van der Waals surface area contributed by atoms with Crippen LogP contribution in [0.3, 0.4) is 0 Å². The quantitative estimate of drug-likeness (QED) is 0.654. The van der Waals surface area contributed by atoms with Crippen molar-refractivity contribution < 1.29 is 5.11 Å². The van der Waals surface area contributed by atoms with Crippen LogP contribution in [0.5, 0.6) is 0 Å². The Morgan fingerprint density at radius 1 is 0.682 bits per heavy atom. The van der Waals surface area contributed by atoms with E-state index in [0.29, 0.717) is 6.42 Å². The van der Waals surface area contributed by atoms with Crippen LogP contribution in [0.25, 0.3) is 0 Å². The van der Waals surface area contributed by atoms with E-state index in [1.54, 1.807) is 0 Å². The van der Waals surface area contributed by atoms with Crippen molar-refractivity contribution in [2.24, 2.45) is 0 Å². The fourth-order valence-corrected chi connectivity index (χ4v) is 6.63. The zero-order chi connectivity index (χ0) is 15.0. The Morgan fingerprint density at radius 2 is 1.18 bits per heavy atom. The van der Waals surface area contributed by atoms with E-state index >= 15 is 0 Å². The van der Waals surface area contributed by atoms with E-state index in [0.717, 1.165) is 16.7 Å². The Morgan fingerprint density at radius 3 is 1.77 bits per heavy atom. The second-order valence-corrected chi connectivity index (χ2v) is 8.71. The minimum atomic E-state index is -0.919. The van der Waals surface area contributed by atoms with Gasteiger partial charge in [0.15, 0.2) is 0 Å². The summed E-state index contributed by atoms with van der Waals surface area (Å²) in [6.07, 6.45) is 0.620. The van der Waals surface area contributed by atoms with Crippen LogP contribution in [0, 0.1) is 0 Å². The maximum absolute atomic E-state index is 11.6. The Bertz CT molecular complexity index is 765. The van der Waals surface area contributed by atoms with Crippen molar-refractivity contribution in [2.75, 3.05) is 0 Å². The molecule has 1 nitrogen and oxygen atoms in total. The molecule has 2 heteroatoms. The fraction of sp³-hybridized carbons (Fsp3) is 0.100. The van der Waals surface area contributed by atoms with Gasteiger partial charge < -0.3 is 0 Å². The summed E-state index contributed by atoms with van der Waals surface area (Å²) in [6.45, 7) is 0. The van der Waals surface area contributed by atoms with Gasteiger partial charge in [-0.2, -0.15) is 0 Å². The van der Waals surface area contributed by atoms with E-state index in [1.165, 1.54) is 7.22 Å². The second kappa shape index (κ2) is 5.56. The van der Waals surface area contributed by atoms with Crippen molar-refractivity contribution >= 4 is 28.1 Å². The van der Waals surface area contributed by atoms with Gasteiger partial charge in [0.05, 0.1) is 0 Å². The molecule has 1 aliphatic heterocycles. The normalized spacial score (nSPS) is 15.0. The molecule has 0 aromatic heterocycles. The minimum absolute atomic E-state index is 0.423. The van der Waals surface area contributed by atoms with Gasteiger partial charge in [-0.25, -0.2) is 0 Å². The fourth-order valence-electron chi connectivity index (χ4n) is 3.14. The number of benzene rings is 3. The van der Waals surface area contributed by atoms with Crippen LogP contribution >= 0.6 is 0 Å². The average molecular weight is 400 g/mol. The Balaban J connectivity index is 1.90. The number of hydrogen-bond donors (Lipinski definition) is 1. The molecule has 0 fully saturated rings. The number of rotatable bonds is 2. The van der Waals surface area contributed by atoms with Crippen LogP contribution in [0.1, 0.15) is 16.7 Å². The Kier molecular flexibility index (Phi) is 3.54. The van der Waals surface area contributed by atoms with Crippen molar-refractivity contribution in [3.8, 4) is 0 Å². The molecule has 3 aromatic rings. The molecule has 0 bridgehead atoms. The third-order valence-corrected chi connectivity index (χ3v) is 7.48. The first kappa shape index (κ1) is 14.0. The molecule has 1 N–H and O–H groups in total. The molecule has 0 unspecified atom stereocenters. The Hall–Kier alpha value is -1.59. The summed E-state index contributed by atoms with van der Waals surface area (Å²) in [4.78, 5) is 0. The molecule has 0 saturated carbocycles. The predicted molar refractivity (Wildman–Crippen MR) is 91.1 cm³/mol. The van der Waals surface area contributed by atoms with E-state index in [9.17, 15) is 5.11 Å². The second-order valence-electron chi connectivity index (χ2n) is 5.62. The molecule has 1 heterocycles. The zero-order valence-corrected chi connectivity index (χ0v) is 14.4. The van der Waals surface area contributed by atoms with E-state index in [1.807, 2.05) is 30.3 Å². The van der Waals surface area contributed by atoms with Crippen molar-refractivity contribution in [1.82, 2.24) is 0 Å². The molecule has 1 aliphatic rings. The average Bonchev–Trinajstić information content (AvgIpc) is 2.56. The molecule has 0 aliphatic carbocycles. The predicted octanol–water partition coefficient (Wildman–Crippen LogP) is 2.13. The van der Waals surface area contributed by atoms with Gasteiger partial charge in [-0.15, -0.1) is 0 Å². The first-order chi connectivity index (χ1) is 10.8. The summed E-state index contributed by atoms with van der Waals surface area (Å²) in [6, 6.07) is 27.1. The summed E-state index contributed by atoms with van der Waals surface area (Å²) in [5, 5.41) is 11.6. The number of fused-ring (bicyclic) bond motifs is 2. The Labute approximate surface area is 140 Å². The van der Waals surface area contributed by atoms with Gasteiger partial charge in [0, 0.05) is 0 Å².